The number of aromatic nitrogens is 3. The molecule has 16 heavy (non-hydrogen) atoms. The monoisotopic (exact) mass is 247 g/mol. The van der Waals surface area contributed by atoms with Crippen LogP contribution in [0, 0.1) is 0 Å². The standard InChI is InChI=1S/C11H6ClN3S/c12-9-3-1-2-7(15-9)10-11-8(4-5-16-11)13-6-14-10/h1-6H. The smallest absolute Gasteiger partial charge is 0.129 e. The lowest BCUT2D eigenvalue weighted by molar-refractivity contribution is 1.20. The second kappa shape index (κ2) is 3.81. The largest absolute Gasteiger partial charge is 0.235 e. The zero-order valence-electron chi connectivity index (χ0n) is 8.09. The summed E-state index contributed by atoms with van der Waals surface area (Å²) in [5.74, 6) is 0. The first-order chi connectivity index (χ1) is 7.84. The number of pyridine rings is 1. The molecule has 0 fully saturated rings. The maximum absolute atomic E-state index is 5.87. The van der Waals surface area contributed by atoms with Gasteiger partial charge in [0.25, 0.3) is 0 Å². The van der Waals surface area contributed by atoms with E-state index < -0.39 is 0 Å². The first-order valence-corrected chi connectivity index (χ1v) is 5.91. The summed E-state index contributed by atoms with van der Waals surface area (Å²) in [6.45, 7) is 0. The van der Waals surface area contributed by atoms with E-state index in [1.54, 1.807) is 23.7 Å². The van der Waals surface area contributed by atoms with Crippen LogP contribution in [0.4, 0.5) is 0 Å². The highest BCUT2D eigenvalue weighted by molar-refractivity contribution is 7.17. The molecule has 3 heterocycles. The molecule has 0 bridgehead atoms. The Kier molecular flexibility index (Phi) is 2.31. The molecule has 0 radical (unpaired) electrons. The zero-order chi connectivity index (χ0) is 11.0. The molecule has 0 saturated carbocycles. The normalized spacial score (nSPS) is 10.8. The molecule has 78 valence electrons. The van der Waals surface area contributed by atoms with E-state index in [4.69, 9.17) is 11.6 Å². The minimum absolute atomic E-state index is 0.473. The van der Waals surface area contributed by atoms with Gasteiger partial charge in [-0.3, -0.25) is 0 Å². The van der Waals surface area contributed by atoms with E-state index in [2.05, 4.69) is 15.0 Å². The van der Waals surface area contributed by atoms with E-state index in [9.17, 15) is 0 Å². The Morgan fingerprint density at radius 3 is 2.94 bits per heavy atom. The van der Waals surface area contributed by atoms with E-state index >= 15 is 0 Å². The van der Waals surface area contributed by atoms with Gasteiger partial charge in [0.05, 0.1) is 15.9 Å². The summed E-state index contributed by atoms with van der Waals surface area (Å²) in [6.07, 6.45) is 1.55. The second-order valence-electron chi connectivity index (χ2n) is 3.20. The first kappa shape index (κ1) is 9.69. The van der Waals surface area contributed by atoms with Crippen molar-refractivity contribution in [2.24, 2.45) is 0 Å². The van der Waals surface area contributed by atoms with E-state index in [1.807, 2.05) is 23.6 Å². The van der Waals surface area contributed by atoms with Crippen LogP contribution < -0.4 is 0 Å². The molecule has 0 amide bonds. The summed E-state index contributed by atoms with van der Waals surface area (Å²) in [5.41, 5.74) is 2.56. The van der Waals surface area contributed by atoms with Crippen molar-refractivity contribution >= 4 is 33.2 Å². The lowest BCUT2D eigenvalue weighted by atomic mass is 10.2. The lowest BCUT2D eigenvalue weighted by Crippen LogP contribution is -1.88. The van der Waals surface area contributed by atoms with E-state index in [0.717, 1.165) is 21.6 Å². The SMILES string of the molecule is Clc1cccc(-c2ncnc3ccsc23)n1. The summed E-state index contributed by atoms with van der Waals surface area (Å²) < 4.78 is 1.04. The van der Waals surface area contributed by atoms with Crippen LogP contribution >= 0.6 is 22.9 Å². The highest BCUT2D eigenvalue weighted by Crippen LogP contribution is 2.28. The lowest BCUT2D eigenvalue weighted by Gasteiger charge is -2.00. The van der Waals surface area contributed by atoms with Crippen LogP contribution in [0.5, 0.6) is 0 Å². The third kappa shape index (κ3) is 1.56. The van der Waals surface area contributed by atoms with Crippen molar-refractivity contribution in [3.05, 3.63) is 41.1 Å². The zero-order valence-corrected chi connectivity index (χ0v) is 9.66. The Morgan fingerprint density at radius 2 is 2.06 bits per heavy atom. The van der Waals surface area contributed by atoms with Crippen LogP contribution in [0.2, 0.25) is 5.15 Å². The van der Waals surface area contributed by atoms with E-state index in [-0.39, 0.29) is 0 Å². The molecular weight excluding hydrogens is 242 g/mol. The van der Waals surface area contributed by atoms with Crippen molar-refractivity contribution < 1.29 is 0 Å². The van der Waals surface area contributed by atoms with Gasteiger partial charge < -0.3 is 0 Å². The van der Waals surface area contributed by atoms with Gasteiger partial charge in [-0.2, -0.15) is 0 Å². The molecule has 0 atom stereocenters. The molecule has 3 nitrogen and oxygen atoms in total. The van der Waals surface area contributed by atoms with Crippen molar-refractivity contribution in [2.45, 2.75) is 0 Å². The maximum Gasteiger partial charge on any atom is 0.129 e. The molecular formula is C11H6ClN3S. The van der Waals surface area contributed by atoms with Gasteiger partial charge in [0, 0.05) is 0 Å². The highest BCUT2D eigenvalue weighted by Gasteiger charge is 2.08. The molecule has 0 saturated heterocycles. The Balaban J connectivity index is 2.29. The molecule has 0 spiro atoms. The number of fused-ring (bicyclic) bond motifs is 1. The number of hydrogen-bond acceptors (Lipinski definition) is 4. The van der Waals surface area contributed by atoms with Crippen LogP contribution in [-0.4, -0.2) is 15.0 Å². The number of rotatable bonds is 1. The molecule has 0 aliphatic heterocycles. The van der Waals surface area contributed by atoms with Gasteiger partial charge in [-0.15, -0.1) is 11.3 Å². The summed E-state index contributed by atoms with van der Waals surface area (Å²) in [5, 5.41) is 2.47. The quantitative estimate of drug-likeness (QED) is 0.619. The number of nitrogens with zero attached hydrogens (tertiary/aromatic N) is 3. The van der Waals surface area contributed by atoms with Gasteiger partial charge in [0.15, 0.2) is 0 Å². The van der Waals surface area contributed by atoms with Crippen LogP contribution in [0.25, 0.3) is 21.6 Å². The molecule has 0 N–H and O–H groups in total. The Morgan fingerprint density at radius 1 is 1.12 bits per heavy atom. The van der Waals surface area contributed by atoms with Crippen molar-refractivity contribution in [1.29, 1.82) is 0 Å². The number of thiophene rings is 1. The third-order valence-corrected chi connectivity index (χ3v) is 3.32. The minimum atomic E-state index is 0.473. The molecule has 0 aliphatic rings. The van der Waals surface area contributed by atoms with Gasteiger partial charge in [-0.25, -0.2) is 15.0 Å². The summed E-state index contributed by atoms with van der Waals surface area (Å²) in [6, 6.07) is 7.48. The van der Waals surface area contributed by atoms with Crippen molar-refractivity contribution in [1.82, 2.24) is 15.0 Å². The molecule has 3 rings (SSSR count). The predicted octanol–water partition coefficient (Wildman–Crippen LogP) is 3.41. The fraction of sp³-hybridized carbons (Fsp3) is 0. The van der Waals surface area contributed by atoms with Crippen molar-refractivity contribution in [2.75, 3.05) is 0 Å². The fourth-order valence-corrected chi connectivity index (χ4v) is 2.52. The van der Waals surface area contributed by atoms with Crippen molar-refractivity contribution in [3.63, 3.8) is 0 Å². The van der Waals surface area contributed by atoms with Gasteiger partial charge in [-0.05, 0) is 23.6 Å². The maximum atomic E-state index is 5.87. The third-order valence-electron chi connectivity index (χ3n) is 2.20. The summed E-state index contributed by atoms with van der Waals surface area (Å²) in [7, 11) is 0. The number of hydrogen-bond donors (Lipinski definition) is 0. The van der Waals surface area contributed by atoms with Gasteiger partial charge in [0.2, 0.25) is 0 Å². The Hall–Kier alpha value is -1.52. The molecule has 0 unspecified atom stereocenters. The van der Waals surface area contributed by atoms with Crippen LogP contribution in [0.3, 0.4) is 0 Å². The van der Waals surface area contributed by atoms with E-state index in [0.29, 0.717) is 5.15 Å². The Bertz CT molecular complexity index is 650. The van der Waals surface area contributed by atoms with Crippen LogP contribution in [-0.2, 0) is 0 Å². The van der Waals surface area contributed by atoms with Crippen LogP contribution in [0.1, 0.15) is 0 Å². The molecule has 0 aromatic carbocycles. The highest BCUT2D eigenvalue weighted by atomic mass is 35.5. The van der Waals surface area contributed by atoms with Gasteiger partial charge >= 0.3 is 0 Å². The van der Waals surface area contributed by atoms with Crippen LogP contribution in [0.15, 0.2) is 36.0 Å². The molecule has 3 aromatic heterocycles. The summed E-state index contributed by atoms with van der Waals surface area (Å²) in [4.78, 5) is 12.7. The van der Waals surface area contributed by atoms with E-state index in [1.165, 1.54) is 0 Å². The average molecular weight is 248 g/mol. The fourth-order valence-electron chi connectivity index (χ4n) is 1.51. The Labute approximate surface area is 101 Å². The molecule has 3 aromatic rings. The van der Waals surface area contributed by atoms with Gasteiger partial charge in [0.1, 0.15) is 17.2 Å². The topological polar surface area (TPSA) is 38.7 Å². The predicted molar refractivity (Wildman–Crippen MR) is 65.7 cm³/mol. The first-order valence-electron chi connectivity index (χ1n) is 4.66. The summed E-state index contributed by atoms with van der Waals surface area (Å²) >= 11 is 7.48. The molecule has 0 aliphatic carbocycles. The molecule has 5 heteroatoms. The van der Waals surface area contributed by atoms with Crippen molar-refractivity contribution in [3.8, 4) is 11.4 Å². The average Bonchev–Trinajstić information content (AvgIpc) is 2.76. The van der Waals surface area contributed by atoms with Gasteiger partial charge in [-0.1, -0.05) is 17.7 Å². The second-order valence-corrected chi connectivity index (χ2v) is 4.51. The minimum Gasteiger partial charge on any atom is -0.235 e. The number of halogens is 1.